The number of carbonyl (C=O) groups is 1. The standard InChI is InChI=1S/C19H30N2O2.ClH/c1-18(2,3)14-6-8-15(9-7-14)23-12-17(22)21-11-10-16(20)19(4,5)13-21;/h6-9,16H,10-13,20H2,1-5H3;1H. The summed E-state index contributed by atoms with van der Waals surface area (Å²) < 4.78 is 5.66. The van der Waals surface area contributed by atoms with Crippen molar-refractivity contribution in [2.45, 2.75) is 52.5 Å². The molecule has 1 aliphatic rings. The normalized spacial score (nSPS) is 20.2. The first kappa shape index (κ1) is 20.8. The lowest BCUT2D eigenvalue weighted by molar-refractivity contribution is -0.136. The molecule has 0 radical (unpaired) electrons. The molecule has 0 bridgehead atoms. The number of likely N-dealkylation sites (tertiary alicyclic amines) is 1. The van der Waals surface area contributed by atoms with Crippen LogP contribution in [0.1, 0.15) is 46.6 Å². The van der Waals surface area contributed by atoms with Gasteiger partial charge >= 0.3 is 0 Å². The van der Waals surface area contributed by atoms with Crippen molar-refractivity contribution in [3.8, 4) is 5.75 Å². The maximum absolute atomic E-state index is 12.4. The zero-order chi connectivity index (χ0) is 17.3. The van der Waals surface area contributed by atoms with E-state index in [0.717, 1.165) is 18.7 Å². The molecule has 1 aliphatic heterocycles. The lowest BCUT2D eigenvalue weighted by Crippen LogP contribution is -2.54. The first-order valence-electron chi connectivity index (χ1n) is 8.36. The van der Waals surface area contributed by atoms with E-state index < -0.39 is 0 Å². The Morgan fingerprint density at radius 2 is 1.88 bits per heavy atom. The number of amides is 1. The highest BCUT2D eigenvalue weighted by atomic mass is 35.5. The van der Waals surface area contributed by atoms with Gasteiger partial charge in [-0.25, -0.2) is 0 Å². The van der Waals surface area contributed by atoms with Gasteiger partial charge in [0.15, 0.2) is 6.61 Å². The van der Waals surface area contributed by atoms with Crippen LogP contribution in [0.15, 0.2) is 24.3 Å². The maximum Gasteiger partial charge on any atom is 0.260 e. The molecule has 1 amide bonds. The molecule has 0 saturated carbocycles. The fourth-order valence-electron chi connectivity index (χ4n) is 2.87. The Hall–Kier alpha value is -1.26. The lowest BCUT2D eigenvalue weighted by atomic mass is 9.80. The number of carbonyl (C=O) groups excluding carboxylic acids is 1. The van der Waals surface area contributed by atoms with Crippen LogP contribution in [0.25, 0.3) is 0 Å². The summed E-state index contributed by atoms with van der Waals surface area (Å²) in [4.78, 5) is 14.2. The Labute approximate surface area is 152 Å². The molecule has 0 spiro atoms. The third-order valence-corrected chi connectivity index (χ3v) is 4.75. The molecule has 1 aromatic carbocycles. The maximum atomic E-state index is 12.4. The van der Waals surface area contributed by atoms with E-state index >= 15 is 0 Å². The number of hydrogen-bond acceptors (Lipinski definition) is 3. The highest BCUT2D eigenvalue weighted by molar-refractivity contribution is 5.85. The van der Waals surface area contributed by atoms with E-state index in [2.05, 4.69) is 46.8 Å². The minimum Gasteiger partial charge on any atom is -0.484 e. The van der Waals surface area contributed by atoms with Crippen LogP contribution in [0.3, 0.4) is 0 Å². The third kappa shape index (κ3) is 5.12. The van der Waals surface area contributed by atoms with Crippen molar-refractivity contribution in [1.82, 2.24) is 4.90 Å². The van der Waals surface area contributed by atoms with Crippen LogP contribution in [0.2, 0.25) is 0 Å². The van der Waals surface area contributed by atoms with Crippen LogP contribution in [-0.4, -0.2) is 36.5 Å². The molecule has 1 heterocycles. The Bertz CT molecular complexity index is 549. The zero-order valence-electron chi connectivity index (χ0n) is 15.5. The highest BCUT2D eigenvalue weighted by Gasteiger charge is 2.35. The number of rotatable bonds is 3. The number of benzene rings is 1. The first-order valence-corrected chi connectivity index (χ1v) is 8.36. The molecule has 1 atom stereocenters. The van der Waals surface area contributed by atoms with Crippen LogP contribution < -0.4 is 10.5 Å². The summed E-state index contributed by atoms with van der Waals surface area (Å²) in [7, 11) is 0. The second kappa shape index (κ2) is 7.75. The van der Waals surface area contributed by atoms with E-state index in [-0.39, 0.29) is 41.8 Å². The number of nitrogens with zero attached hydrogens (tertiary/aromatic N) is 1. The van der Waals surface area contributed by atoms with Gasteiger partial charge in [-0.05, 0) is 34.9 Å². The monoisotopic (exact) mass is 354 g/mol. The second-order valence-corrected chi connectivity index (χ2v) is 8.26. The van der Waals surface area contributed by atoms with Crippen molar-refractivity contribution < 1.29 is 9.53 Å². The summed E-state index contributed by atoms with van der Waals surface area (Å²) in [5.41, 5.74) is 7.45. The molecule has 1 saturated heterocycles. The van der Waals surface area contributed by atoms with Gasteiger partial charge < -0.3 is 15.4 Å². The van der Waals surface area contributed by atoms with E-state index in [0.29, 0.717) is 6.54 Å². The second-order valence-electron chi connectivity index (χ2n) is 8.26. The van der Waals surface area contributed by atoms with Gasteiger partial charge in [0.2, 0.25) is 0 Å². The van der Waals surface area contributed by atoms with Crippen LogP contribution in [0.5, 0.6) is 5.75 Å². The Balaban J connectivity index is 0.00000288. The summed E-state index contributed by atoms with van der Waals surface area (Å²) in [6.07, 6.45) is 0.846. The first-order chi connectivity index (χ1) is 10.6. The van der Waals surface area contributed by atoms with Crippen molar-refractivity contribution in [3.63, 3.8) is 0 Å². The van der Waals surface area contributed by atoms with Gasteiger partial charge in [0.1, 0.15) is 5.75 Å². The van der Waals surface area contributed by atoms with Gasteiger partial charge in [-0.3, -0.25) is 4.79 Å². The van der Waals surface area contributed by atoms with Crippen molar-refractivity contribution in [3.05, 3.63) is 29.8 Å². The molecule has 5 heteroatoms. The average molecular weight is 355 g/mol. The molecule has 0 aliphatic carbocycles. The van der Waals surface area contributed by atoms with Crippen LogP contribution >= 0.6 is 12.4 Å². The molecule has 24 heavy (non-hydrogen) atoms. The Kier molecular flexibility index (Phi) is 6.71. The molecular formula is C19H31ClN2O2. The average Bonchev–Trinajstić information content (AvgIpc) is 2.47. The van der Waals surface area contributed by atoms with Crippen LogP contribution in [0.4, 0.5) is 0 Å². The summed E-state index contributed by atoms with van der Waals surface area (Å²) >= 11 is 0. The smallest absolute Gasteiger partial charge is 0.260 e. The molecule has 1 unspecified atom stereocenters. The summed E-state index contributed by atoms with van der Waals surface area (Å²) in [5.74, 6) is 0.768. The Morgan fingerprint density at radius 3 is 2.38 bits per heavy atom. The highest BCUT2D eigenvalue weighted by Crippen LogP contribution is 2.28. The van der Waals surface area contributed by atoms with E-state index in [1.807, 2.05) is 17.0 Å². The minimum absolute atomic E-state index is 0. The summed E-state index contributed by atoms with van der Waals surface area (Å²) in [6, 6.07) is 8.14. The van der Waals surface area contributed by atoms with Crippen LogP contribution in [0, 0.1) is 5.41 Å². The van der Waals surface area contributed by atoms with E-state index in [9.17, 15) is 4.79 Å². The van der Waals surface area contributed by atoms with E-state index in [4.69, 9.17) is 10.5 Å². The largest absolute Gasteiger partial charge is 0.484 e. The zero-order valence-corrected chi connectivity index (χ0v) is 16.3. The van der Waals surface area contributed by atoms with Gasteiger partial charge in [0.25, 0.3) is 5.91 Å². The number of nitrogens with two attached hydrogens (primary N) is 1. The SMILES string of the molecule is CC(C)(C)c1ccc(OCC(=O)N2CCC(N)C(C)(C)C2)cc1.Cl. The number of piperidine rings is 1. The molecule has 2 N–H and O–H groups in total. The number of hydrogen-bond donors (Lipinski definition) is 1. The fraction of sp³-hybridized carbons (Fsp3) is 0.632. The molecule has 4 nitrogen and oxygen atoms in total. The summed E-state index contributed by atoms with van der Waals surface area (Å²) in [5, 5.41) is 0. The predicted octanol–water partition coefficient (Wildman–Crippen LogP) is 3.37. The molecule has 0 aromatic heterocycles. The minimum atomic E-state index is -0.0394. The summed E-state index contributed by atoms with van der Waals surface area (Å²) in [6.45, 7) is 12.3. The molecule has 1 aromatic rings. The van der Waals surface area contributed by atoms with Crippen LogP contribution in [-0.2, 0) is 10.2 Å². The Morgan fingerprint density at radius 1 is 1.29 bits per heavy atom. The molecule has 2 rings (SSSR count). The third-order valence-electron chi connectivity index (χ3n) is 4.75. The van der Waals surface area contributed by atoms with E-state index in [1.54, 1.807) is 0 Å². The van der Waals surface area contributed by atoms with Crippen molar-refractivity contribution in [2.75, 3.05) is 19.7 Å². The molecule has 136 valence electrons. The predicted molar refractivity (Wildman–Crippen MR) is 101 cm³/mol. The lowest BCUT2D eigenvalue weighted by Gasteiger charge is -2.42. The van der Waals surface area contributed by atoms with Gasteiger partial charge in [-0.15, -0.1) is 12.4 Å². The van der Waals surface area contributed by atoms with E-state index in [1.165, 1.54) is 5.56 Å². The van der Waals surface area contributed by atoms with Crippen molar-refractivity contribution in [2.24, 2.45) is 11.1 Å². The van der Waals surface area contributed by atoms with Gasteiger partial charge in [0, 0.05) is 19.1 Å². The van der Waals surface area contributed by atoms with Crippen molar-refractivity contribution >= 4 is 18.3 Å². The number of halogens is 1. The molecule has 1 fully saturated rings. The van der Waals surface area contributed by atoms with Crippen molar-refractivity contribution in [1.29, 1.82) is 0 Å². The fourth-order valence-corrected chi connectivity index (χ4v) is 2.87. The topological polar surface area (TPSA) is 55.6 Å². The molecular weight excluding hydrogens is 324 g/mol. The van der Waals surface area contributed by atoms with Gasteiger partial charge in [-0.2, -0.15) is 0 Å². The number of ether oxygens (including phenoxy) is 1. The van der Waals surface area contributed by atoms with Gasteiger partial charge in [-0.1, -0.05) is 46.8 Å². The quantitative estimate of drug-likeness (QED) is 0.905. The van der Waals surface area contributed by atoms with Gasteiger partial charge in [0.05, 0.1) is 0 Å².